The predicted molar refractivity (Wildman–Crippen MR) is 105 cm³/mol. The van der Waals surface area contributed by atoms with E-state index >= 15 is 0 Å². The molecular formula is C17H7Cl6N. The molecule has 0 aliphatic carbocycles. The van der Waals surface area contributed by atoms with Gasteiger partial charge in [0.05, 0.1) is 30.1 Å². The average Bonchev–Trinajstić information content (AvgIpc) is 2.54. The Morgan fingerprint density at radius 2 is 0.833 bits per heavy atom. The Morgan fingerprint density at radius 3 is 1.25 bits per heavy atom. The van der Waals surface area contributed by atoms with Gasteiger partial charge in [-0.2, -0.15) is 0 Å². The van der Waals surface area contributed by atoms with Crippen molar-refractivity contribution in [3.05, 3.63) is 72.9 Å². The number of rotatable bonds is 2. The molecule has 1 heterocycles. The smallest absolute Gasteiger partial charge is 0.0607 e. The second kappa shape index (κ2) is 7.29. The maximum absolute atomic E-state index is 6.28. The third kappa shape index (κ3) is 3.62. The SMILES string of the molecule is Clc1cc(Cl)c(-c2cncc(-c3cc(Cl)c(Cl)cc3Cl)c2)cc1Cl. The van der Waals surface area contributed by atoms with E-state index < -0.39 is 0 Å². The van der Waals surface area contributed by atoms with Crippen LogP contribution in [-0.2, 0) is 0 Å². The van der Waals surface area contributed by atoms with Gasteiger partial charge in [-0.1, -0.05) is 69.6 Å². The molecule has 1 aromatic heterocycles. The van der Waals surface area contributed by atoms with Crippen molar-refractivity contribution in [2.75, 3.05) is 0 Å². The summed E-state index contributed by atoms with van der Waals surface area (Å²) in [5.74, 6) is 0. The Kier molecular flexibility index (Phi) is 5.51. The van der Waals surface area contributed by atoms with Gasteiger partial charge in [-0.05, 0) is 30.3 Å². The lowest BCUT2D eigenvalue weighted by molar-refractivity contribution is 1.33. The monoisotopic (exact) mass is 435 g/mol. The summed E-state index contributed by atoms with van der Waals surface area (Å²) in [5, 5.41) is 2.55. The fraction of sp³-hybridized carbons (Fsp3) is 0. The van der Waals surface area contributed by atoms with Gasteiger partial charge in [-0.25, -0.2) is 0 Å². The molecule has 0 N–H and O–H groups in total. The topological polar surface area (TPSA) is 12.9 Å². The van der Waals surface area contributed by atoms with Gasteiger partial charge < -0.3 is 0 Å². The van der Waals surface area contributed by atoms with E-state index in [1.54, 1.807) is 36.7 Å². The van der Waals surface area contributed by atoms with E-state index in [4.69, 9.17) is 69.6 Å². The first kappa shape index (κ1) is 18.1. The first-order chi connectivity index (χ1) is 11.4. The molecule has 3 aromatic rings. The summed E-state index contributed by atoms with van der Waals surface area (Å²) in [7, 11) is 0. The highest BCUT2D eigenvalue weighted by Gasteiger charge is 2.12. The summed E-state index contributed by atoms with van der Waals surface area (Å²) in [6.45, 7) is 0. The third-order valence-electron chi connectivity index (χ3n) is 3.38. The van der Waals surface area contributed by atoms with Crippen molar-refractivity contribution in [2.24, 2.45) is 0 Å². The van der Waals surface area contributed by atoms with E-state index in [1.807, 2.05) is 6.07 Å². The largest absolute Gasteiger partial charge is 0.263 e. The van der Waals surface area contributed by atoms with Crippen LogP contribution in [0.1, 0.15) is 0 Å². The van der Waals surface area contributed by atoms with Gasteiger partial charge in [0, 0.05) is 34.6 Å². The Balaban J connectivity index is 2.14. The van der Waals surface area contributed by atoms with Gasteiger partial charge in [0.1, 0.15) is 0 Å². The Labute approximate surface area is 169 Å². The third-order valence-corrected chi connectivity index (χ3v) is 5.45. The van der Waals surface area contributed by atoms with Crippen LogP contribution in [0.5, 0.6) is 0 Å². The Morgan fingerprint density at radius 1 is 0.458 bits per heavy atom. The molecule has 0 saturated heterocycles. The minimum atomic E-state index is 0.391. The summed E-state index contributed by atoms with van der Waals surface area (Å²) < 4.78 is 0. The first-order valence-corrected chi connectivity index (χ1v) is 8.88. The molecule has 0 unspecified atom stereocenters. The molecule has 2 aromatic carbocycles. The van der Waals surface area contributed by atoms with Crippen LogP contribution in [0.4, 0.5) is 0 Å². The van der Waals surface area contributed by atoms with Crippen LogP contribution in [0.3, 0.4) is 0 Å². The van der Waals surface area contributed by atoms with Gasteiger partial charge >= 0.3 is 0 Å². The second-order valence-corrected chi connectivity index (χ2v) is 7.40. The normalized spacial score (nSPS) is 10.9. The maximum Gasteiger partial charge on any atom is 0.0607 e. The van der Waals surface area contributed by atoms with Crippen LogP contribution in [-0.4, -0.2) is 4.98 Å². The summed E-state index contributed by atoms with van der Waals surface area (Å²) in [6.07, 6.45) is 3.36. The number of benzene rings is 2. The highest BCUT2D eigenvalue weighted by molar-refractivity contribution is 6.44. The number of pyridine rings is 1. The summed E-state index contributed by atoms with van der Waals surface area (Å²) >= 11 is 36.7. The molecule has 0 aliphatic heterocycles. The van der Waals surface area contributed by atoms with Crippen molar-refractivity contribution in [1.29, 1.82) is 0 Å². The fourth-order valence-electron chi connectivity index (χ4n) is 2.22. The molecule has 7 heteroatoms. The molecule has 122 valence electrons. The van der Waals surface area contributed by atoms with Gasteiger partial charge in [0.25, 0.3) is 0 Å². The lowest BCUT2D eigenvalue weighted by Crippen LogP contribution is -1.87. The van der Waals surface area contributed by atoms with E-state index in [9.17, 15) is 0 Å². The second-order valence-electron chi connectivity index (χ2n) is 4.95. The van der Waals surface area contributed by atoms with E-state index in [0.29, 0.717) is 30.1 Å². The minimum Gasteiger partial charge on any atom is -0.263 e. The first-order valence-electron chi connectivity index (χ1n) is 6.61. The van der Waals surface area contributed by atoms with Crippen molar-refractivity contribution in [2.45, 2.75) is 0 Å². The van der Waals surface area contributed by atoms with Crippen LogP contribution < -0.4 is 0 Å². The Hall–Kier alpha value is -0.670. The average molecular weight is 438 g/mol. The van der Waals surface area contributed by atoms with Crippen molar-refractivity contribution < 1.29 is 0 Å². The van der Waals surface area contributed by atoms with Crippen LogP contribution in [0.25, 0.3) is 22.3 Å². The number of hydrogen-bond acceptors (Lipinski definition) is 1. The molecule has 3 rings (SSSR count). The highest BCUT2D eigenvalue weighted by Crippen LogP contribution is 2.39. The van der Waals surface area contributed by atoms with Crippen molar-refractivity contribution in [3.63, 3.8) is 0 Å². The summed E-state index contributed by atoms with van der Waals surface area (Å²) in [4.78, 5) is 4.25. The van der Waals surface area contributed by atoms with Crippen LogP contribution >= 0.6 is 69.6 Å². The number of halogens is 6. The fourth-order valence-corrected chi connectivity index (χ4v) is 3.53. The molecule has 24 heavy (non-hydrogen) atoms. The van der Waals surface area contributed by atoms with Crippen LogP contribution in [0, 0.1) is 0 Å². The van der Waals surface area contributed by atoms with Gasteiger partial charge in [0.15, 0.2) is 0 Å². The van der Waals surface area contributed by atoms with Crippen molar-refractivity contribution >= 4 is 69.6 Å². The predicted octanol–water partition coefficient (Wildman–Crippen LogP) is 8.34. The minimum absolute atomic E-state index is 0.391. The molecular weight excluding hydrogens is 431 g/mol. The van der Waals surface area contributed by atoms with E-state index in [2.05, 4.69) is 4.98 Å². The van der Waals surface area contributed by atoms with E-state index in [-0.39, 0.29) is 0 Å². The van der Waals surface area contributed by atoms with Crippen molar-refractivity contribution in [1.82, 2.24) is 4.98 Å². The number of aromatic nitrogens is 1. The molecule has 0 spiro atoms. The zero-order valence-electron chi connectivity index (χ0n) is 11.8. The lowest BCUT2D eigenvalue weighted by atomic mass is 10.0. The quantitative estimate of drug-likeness (QED) is 0.367. The zero-order valence-corrected chi connectivity index (χ0v) is 16.3. The summed E-state index contributed by atoms with van der Waals surface area (Å²) in [5.41, 5.74) is 2.99. The molecule has 1 nitrogen and oxygen atoms in total. The molecule has 0 bridgehead atoms. The van der Waals surface area contributed by atoms with E-state index in [0.717, 1.165) is 22.3 Å². The number of nitrogens with zero attached hydrogens (tertiary/aromatic N) is 1. The Bertz CT molecular complexity index is 866. The molecule has 0 fully saturated rings. The van der Waals surface area contributed by atoms with Crippen LogP contribution in [0.2, 0.25) is 30.1 Å². The van der Waals surface area contributed by atoms with Crippen molar-refractivity contribution in [3.8, 4) is 22.3 Å². The van der Waals surface area contributed by atoms with Crippen LogP contribution in [0.15, 0.2) is 42.7 Å². The summed E-state index contributed by atoms with van der Waals surface area (Å²) in [6, 6.07) is 8.48. The standard InChI is InChI=1S/C17H7Cl6N/c18-12-4-16(22)14(20)2-10(12)8-1-9(7-24-6-8)11-3-15(21)17(23)5-13(11)19/h1-7H. The lowest BCUT2D eigenvalue weighted by Gasteiger charge is -2.10. The van der Waals surface area contributed by atoms with E-state index in [1.165, 1.54) is 0 Å². The zero-order chi connectivity index (χ0) is 17.4. The van der Waals surface area contributed by atoms with Gasteiger partial charge in [-0.15, -0.1) is 0 Å². The van der Waals surface area contributed by atoms with Gasteiger partial charge in [-0.3, -0.25) is 4.98 Å². The highest BCUT2D eigenvalue weighted by atomic mass is 35.5. The number of hydrogen-bond donors (Lipinski definition) is 0. The molecule has 0 saturated carbocycles. The maximum atomic E-state index is 6.28. The molecule has 0 aliphatic rings. The molecule has 0 radical (unpaired) electrons. The molecule has 0 amide bonds. The van der Waals surface area contributed by atoms with Gasteiger partial charge in [0.2, 0.25) is 0 Å². The molecule has 0 atom stereocenters.